The van der Waals surface area contributed by atoms with Gasteiger partial charge in [-0.1, -0.05) is 37.3 Å². The van der Waals surface area contributed by atoms with Gasteiger partial charge in [0.15, 0.2) is 0 Å². The second-order valence-corrected chi connectivity index (χ2v) is 4.62. The van der Waals surface area contributed by atoms with Gasteiger partial charge in [0.1, 0.15) is 0 Å². The third-order valence-corrected chi connectivity index (χ3v) is 3.23. The zero-order chi connectivity index (χ0) is 10.7. The zero-order valence-electron chi connectivity index (χ0n) is 9.39. The monoisotopic (exact) mass is 204 g/mol. The quantitative estimate of drug-likeness (QED) is 0.810. The van der Waals surface area contributed by atoms with Crippen LogP contribution in [0.2, 0.25) is 0 Å². The van der Waals surface area contributed by atoms with Gasteiger partial charge < -0.3 is 10.6 Å². The van der Waals surface area contributed by atoms with E-state index in [0.29, 0.717) is 12.0 Å². The number of nitrogens with two attached hydrogens (primary N) is 1. The highest BCUT2D eigenvalue weighted by Gasteiger charge is 2.22. The molecule has 0 aliphatic carbocycles. The van der Waals surface area contributed by atoms with Crippen LogP contribution in [0.15, 0.2) is 30.3 Å². The summed E-state index contributed by atoms with van der Waals surface area (Å²) in [6.07, 6.45) is 1.23. The Kier molecular flexibility index (Phi) is 3.39. The summed E-state index contributed by atoms with van der Waals surface area (Å²) >= 11 is 0. The largest absolute Gasteiger partial charge is 0.325 e. The number of rotatable bonds is 4. The summed E-state index contributed by atoms with van der Waals surface area (Å²) in [6.45, 7) is 5.65. The summed E-state index contributed by atoms with van der Waals surface area (Å²) in [5.74, 6) is 0.656. The Hall–Kier alpha value is -0.860. The summed E-state index contributed by atoms with van der Waals surface area (Å²) in [7, 11) is 0. The highest BCUT2D eigenvalue weighted by molar-refractivity contribution is 5.18. The summed E-state index contributed by atoms with van der Waals surface area (Å²) in [6, 6.07) is 11.2. The third-order valence-electron chi connectivity index (χ3n) is 3.23. The molecule has 1 atom stereocenters. The first-order chi connectivity index (χ1) is 7.25. The lowest BCUT2D eigenvalue weighted by Crippen LogP contribution is -2.55. The molecule has 0 amide bonds. The van der Waals surface area contributed by atoms with Crippen molar-refractivity contribution in [2.24, 2.45) is 5.73 Å². The zero-order valence-corrected chi connectivity index (χ0v) is 9.39. The fourth-order valence-corrected chi connectivity index (χ4v) is 2.12. The first kappa shape index (κ1) is 10.7. The van der Waals surface area contributed by atoms with Crippen molar-refractivity contribution in [3.63, 3.8) is 0 Å². The molecule has 1 aromatic rings. The maximum atomic E-state index is 5.74. The van der Waals surface area contributed by atoms with E-state index in [1.54, 1.807) is 0 Å². The van der Waals surface area contributed by atoms with Gasteiger partial charge in [-0.3, -0.25) is 0 Å². The smallest absolute Gasteiger partial charge is 0.0297 e. The molecule has 15 heavy (non-hydrogen) atoms. The third kappa shape index (κ3) is 2.80. The van der Waals surface area contributed by atoms with E-state index in [1.807, 2.05) is 0 Å². The fraction of sp³-hybridized carbons (Fsp3) is 0.538. The van der Waals surface area contributed by atoms with Crippen LogP contribution >= 0.6 is 0 Å². The van der Waals surface area contributed by atoms with Gasteiger partial charge in [-0.2, -0.15) is 0 Å². The molecular formula is C13H20N2. The molecule has 1 aromatic carbocycles. The minimum Gasteiger partial charge on any atom is -0.325 e. The Morgan fingerprint density at radius 1 is 1.33 bits per heavy atom. The Bertz CT molecular complexity index is 291. The molecule has 0 spiro atoms. The molecule has 0 bridgehead atoms. The van der Waals surface area contributed by atoms with Gasteiger partial charge >= 0.3 is 0 Å². The van der Waals surface area contributed by atoms with Crippen LogP contribution in [-0.4, -0.2) is 30.6 Å². The number of nitrogens with zero attached hydrogens (tertiary/aromatic N) is 1. The van der Waals surface area contributed by atoms with E-state index in [4.69, 9.17) is 5.73 Å². The Morgan fingerprint density at radius 2 is 2.00 bits per heavy atom. The summed E-state index contributed by atoms with van der Waals surface area (Å²) in [5.41, 5.74) is 7.19. The molecule has 0 unspecified atom stereocenters. The van der Waals surface area contributed by atoms with Gasteiger partial charge in [-0.05, 0) is 24.4 Å². The van der Waals surface area contributed by atoms with Gasteiger partial charge in [0.2, 0.25) is 0 Å². The predicted molar refractivity (Wildman–Crippen MR) is 63.9 cm³/mol. The predicted octanol–water partition coefficient (Wildman–Crippen LogP) is 1.82. The van der Waals surface area contributed by atoms with Crippen LogP contribution < -0.4 is 5.73 Å². The van der Waals surface area contributed by atoms with E-state index >= 15 is 0 Å². The SMILES string of the molecule is C[C@H](CCN1CC(N)C1)c1ccccc1. The summed E-state index contributed by atoms with van der Waals surface area (Å²) in [4.78, 5) is 2.43. The van der Waals surface area contributed by atoms with Crippen molar-refractivity contribution in [1.29, 1.82) is 0 Å². The normalized spacial score (nSPS) is 19.9. The van der Waals surface area contributed by atoms with Crippen LogP contribution in [0.4, 0.5) is 0 Å². The van der Waals surface area contributed by atoms with Crippen LogP contribution in [0.3, 0.4) is 0 Å². The van der Waals surface area contributed by atoms with Crippen LogP contribution in [-0.2, 0) is 0 Å². The van der Waals surface area contributed by atoms with Gasteiger partial charge in [0.25, 0.3) is 0 Å². The van der Waals surface area contributed by atoms with Crippen molar-refractivity contribution >= 4 is 0 Å². The van der Waals surface area contributed by atoms with Crippen molar-refractivity contribution in [1.82, 2.24) is 4.90 Å². The van der Waals surface area contributed by atoms with Gasteiger partial charge in [-0.25, -0.2) is 0 Å². The van der Waals surface area contributed by atoms with Crippen molar-refractivity contribution < 1.29 is 0 Å². The van der Waals surface area contributed by atoms with E-state index in [9.17, 15) is 0 Å². The second-order valence-electron chi connectivity index (χ2n) is 4.62. The maximum absolute atomic E-state index is 5.74. The van der Waals surface area contributed by atoms with Crippen LogP contribution in [0.5, 0.6) is 0 Å². The molecule has 2 rings (SSSR count). The molecule has 82 valence electrons. The maximum Gasteiger partial charge on any atom is 0.0297 e. The molecule has 1 aliphatic heterocycles. The molecule has 0 aromatic heterocycles. The standard InChI is InChI=1S/C13H20N2/c1-11(12-5-3-2-4-6-12)7-8-15-9-13(14)10-15/h2-6,11,13H,7-10,14H2,1H3/t11-/m1/s1. The number of hydrogen-bond acceptors (Lipinski definition) is 2. The van der Waals surface area contributed by atoms with E-state index in [2.05, 4.69) is 42.2 Å². The topological polar surface area (TPSA) is 29.3 Å². The average Bonchev–Trinajstić information content (AvgIpc) is 2.23. The summed E-state index contributed by atoms with van der Waals surface area (Å²) in [5, 5.41) is 0. The van der Waals surface area contributed by atoms with Gasteiger partial charge in [0, 0.05) is 19.1 Å². The van der Waals surface area contributed by atoms with E-state index in [-0.39, 0.29) is 0 Å². The molecule has 2 heteroatoms. The van der Waals surface area contributed by atoms with E-state index in [1.165, 1.54) is 18.5 Å². The molecular weight excluding hydrogens is 184 g/mol. The van der Waals surface area contributed by atoms with Gasteiger partial charge in [-0.15, -0.1) is 0 Å². The highest BCUT2D eigenvalue weighted by Crippen LogP contribution is 2.19. The van der Waals surface area contributed by atoms with Crippen LogP contribution in [0, 0.1) is 0 Å². The first-order valence-corrected chi connectivity index (χ1v) is 5.78. The molecule has 2 N–H and O–H groups in total. The molecule has 1 aliphatic rings. The number of benzene rings is 1. The molecule has 1 heterocycles. The Balaban J connectivity index is 1.75. The highest BCUT2D eigenvalue weighted by atomic mass is 15.2. The summed E-state index contributed by atoms with van der Waals surface area (Å²) < 4.78 is 0. The van der Waals surface area contributed by atoms with Crippen molar-refractivity contribution in [2.75, 3.05) is 19.6 Å². The molecule has 1 saturated heterocycles. The lowest BCUT2D eigenvalue weighted by molar-refractivity contribution is 0.146. The first-order valence-electron chi connectivity index (χ1n) is 5.78. The average molecular weight is 204 g/mol. The van der Waals surface area contributed by atoms with E-state index in [0.717, 1.165) is 13.1 Å². The van der Waals surface area contributed by atoms with Crippen LogP contribution in [0.1, 0.15) is 24.8 Å². The van der Waals surface area contributed by atoms with Crippen molar-refractivity contribution in [3.8, 4) is 0 Å². The molecule has 1 fully saturated rings. The lowest BCUT2D eigenvalue weighted by Gasteiger charge is -2.37. The minimum atomic E-state index is 0.428. The second kappa shape index (κ2) is 4.77. The van der Waals surface area contributed by atoms with E-state index < -0.39 is 0 Å². The minimum absolute atomic E-state index is 0.428. The van der Waals surface area contributed by atoms with Crippen molar-refractivity contribution in [2.45, 2.75) is 25.3 Å². The Morgan fingerprint density at radius 3 is 2.60 bits per heavy atom. The van der Waals surface area contributed by atoms with Crippen LogP contribution in [0.25, 0.3) is 0 Å². The molecule has 0 saturated carbocycles. The lowest BCUT2D eigenvalue weighted by atomic mass is 9.97. The van der Waals surface area contributed by atoms with Crippen molar-refractivity contribution in [3.05, 3.63) is 35.9 Å². The number of hydrogen-bond donors (Lipinski definition) is 1. The Labute approximate surface area is 92.1 Å². The number of likely N-dealkylation sites (tertiary alicyclic amines) is 1. The van der Waals surface area contributed by atoms with Gasteiger partial charge in [0.05, 0.1) is 0 Å². The molecule has 2 nitrogen and oxygen atoms in total. The molecule has 0 radical (unpaired) electrons. The fourth-order valence-electron chi connectivity index (χ4n) is 2.12.